The Morgan fingerprint density at radius 2 is 1.42 bits per heavy atom. The molecule has 2 aromatic rings. The third-order valence-corrected chi connectivity index (χ3v) is 6.85. The summed E-state index contributed by atoms with van der Waals surface area (Å²) in [7, 11) is 2.46. The molecule has 3 unspecified atom stereocenters. The molecule has 3 rings (SSSR count). The second kappa shape index (κ2) is 12.9. The number of esters is 2. The molecular formula is C26H30Cl2F4N2O4. The Hall–Kier alpha value is -2.72. The number of rotatable bonds is 9. The predicted octanol–water partition coefficient (Wildman–Crippen LogP) is 6.84. The molecule has 38 heavy (non-hydrogen) atoms. The van der Waals surface area contributed by atoms with E-state index in [9.17, 15) is 27.2 Å². The zero-order valence-corrected chi connectivity index (χ0v) is 22.6. The number of nitrogens with two attached hydrogens (primary N) is 2. The van der Waals surface area contributed by atoms with Crippen LogP contribution in [-0.4, -0.2) is 38.0 Å². The first-order chi connectivity index (χ1) is 17.6. The highest BCUT2D eigenvalue weighted by molar-refractivity contribution is 6.33. The van der Waals surface area contributed by atoms with Gasteiger partial charge < -0.3 is 20.9 Å². The molecule has 210 valence electrons. The van der Waals surface area contributed by atoms with Crippen molar-refractivity contribution >= 4 is 46.5 Å². The van der Waals surface area contributed by atoms with Crippen LogP contribution >= 0.6 is 23.2 Å². The van der Waals surface area contributed by atoms with Crippen molar-refractivity contribution in [1.29, 1.82) is 0 Å². The quantitative estimate of drug-likeness (QED) is 0.191. The number of alkyl halides is 4. The van der Waals surface area contributed by atoms with Crippen LogP contribution in [0.25, 0.3) is 0 Å². The van der Waals surface area contributed by atoms with Gasteiger partial charge in [0.1, 0.15) is 0 Å². The lowest BCUT2D eigenvalue weighted by molar-refractivity contribution is -0.142. The van der Waals surface area contributed by atoms with E-state index in [-0.39, 0.29) is 19.3 Å². The molecule has 0 saturated heterocycles. The minimum Gasteiger partial charge on any atom is -0.469 e. The molecule has 1 aliphatic rings. The molecule has 0 heterocycles. The fraction of sp³-hybridized carbons (Fsp3) is 0.462. The zero-order valence-electron chi connectivity index (χ0n) is 21.1. The first kappa shape index (κ1) is 31.5. The summed E-state index contributed by atoms with van der Waals surface area (Å²) in [5.74, 6) is -8.75. The average Bonchev–Trinajstić information content (AvgIpc) is 3.47. The van der Waals surface area contributed by atoms with Crippen molar-refractivity contribution in [2.45, 2.75) is 56.3 Å². The summed E-state index contributed by atoms with van der Waals surface area (Å²) >= 11 is 11.6. The summed E-state index contributed by atoms with van der Waals surface area (Å²) in [6.07, 6.45) is -0.876. The fourth-order valence-corrected chi connectivity index (χ4v) is 4.30. The number of nitrogen functional groups attached to an aromatic ring is 2. The standard InChI is InChI=1S/C13H14ClF2NO2.C13H16ClF2NO2/c1-19-12(18)5-8(9-6-13(9,15)16)7-2-3-10(14)11(17)4-7;1-13(15,16)7-9(6-12(18)19-2)8-3-4-10(14)11(17)5-8/h2-4,8-9H,5-6,17H2,1H3;3-5,9H,6-7,17H2,1-2H3. The van der Waals surface area contributed by atoms with Crippen LogP contribution in [0.1, 0.15) is 55.6 Å². The Kier molecular flexibility index (Phi) is 10.7. The van der Waals surface area contributed by atoms with Crippen LogP contribution < -0.4 is 11.5 Å². The summed E-state index contributed by atoms with van der Waals surface area (Å²) in [5.41, 5.74) is 13.1. The molecule has 0 aromatic heterocycles. The molecule has 2 aromatic carbocycles. The number of methoxy groups -OCH3 is 2. The molecule has 0 spiro atoms. The smallest absolute Gasteiger partial charge is 0.306 e. The lowest BCUT2D eigenvalue weighted by atomic mass is 9.90. The third-order valence-electron chi connectivity index (χ3n) is 6.16. The van der Waals surface area contributed by atoms with Crippen LogP contribution in [0.15, 0.2) is 36.4 Å². The predicted molar refractivity (Wildman–Crippen MR) is 139 cm³/mol. The van der Waals surface area contributed by atoms with E-state index < -0.39 is 48.0 Å². The zero-order chi connectivity index (χ0) is 28.8. The minimum atomic E-state index is -2.88. The summed E-state index contributed by atoms with van der Waals surface area (Å²) < 4.78 is 62.0. The molecule has 0 bridgehead atoms. The van der Waals surface area contributed by atoms with Gasteiger partial charge in [-0.05, 0) is 42.3 Å². The van der Waals surface area contributed by atoms with Gasteiger partial charge in [-0.15, -0.1) is 0 Å². The van der Waals surface area contributed by atoms with Gasteiger partial charge in [0.25, 0.3) is 5.92 Å². The molecule has 0 amide bonds. The monoisotopic (exact) mass is 580 g/mol. The second-order valence-electron chi connectivity index (χ2n) is 9.27. The first-order valence-electron chi connectivity index (χ1n) is 11.6. The van der Waals surface area contributed by atoms with Crippen molar-refractivity contribution in [3.05, 3.63) is 57.6 Å². The molecule has 0 aliphatic heterocycles. The normalized spacial score (nSPS) is 17.4. The van der Waals surface area contributed by atoms with E-state index in [1.165, 1.54) is 26.4 Å². The molecule has 12 heteroatoms. The summed E-state index contributed by atoms with van der Waals surface area (Å²) in [6, 6.07) is 9.37. The molecule has 3 atom stereocenters. The van der Waals surface area contributed by atoms with Crippen LogP contribution in [0.4, 0.5) is 28.9 Å². The van der Waals surface area contributed by atoms with Crippen molar-refractivity contribution in [3.63, 3.8) is 0 Å². The van der Waals surface area contributed by atoms with Gasteiger partial charge >= 0.3 is 11.9 Å². The average molecular weight is 581 g/mol. The van der Waals surface area contributed by atoms with E-state index in [2.05, 4.69) is 9.47 Å². The van der Waals surface area contributed by atoms with Gasteiger partial charge in [0.05, 0.1) is 48.5 Å². The van der Waals surface area contributed by atoms with E-state index in [0.29, 0.717) is 32.5 Å². The molecule has 4 N–H and O–H groups in total. The number of ether oxygens (including phenoxy) is 2. The fourth-order valence-electron chi connectivity index (χ4n) is 4.06. The van der Waals surface area contributed by atoms with Crippen molar-refractivity contribution in [2.24, 2.45) is 5.92 Å². The number of hydrogen-bond donors (Lipinski definition) is 2. The van der Waals surface area contributed by atoms with Gasteiger partial charge in [0.2, 0.25) is 5.92 Å². The van der Waals surface area contributed by atoms with Gasteiger partial charge in [-0.2, -0.15) is 0 Å². The van der Waals surface area contributed by atoms with Crippen LogP contribution in [0.5, 0.6) is 0 Å². The summed E-state index contributed by atoms with van der Waals surface area (Å²) in [5, 5.41) is 0.715. The van der Waals surface area contributed by atoms with Gasteiger partial charge in [0.15, 0.2) is 0 Å². The van der Waals surface area contributed by atoms with E-state index in [1.807, 2.05) is 0 Å². The van der Waals surface area contributed by atoms with Crippen molar-refractivity contribution in [2.75, 3.05) is 25.7 Å². The minimum absolute atomic E-state index is 0.0855. The Morgan fingerprint density at radius 3 is 1.84 bits per heavy atom. The SMILES string of the molecule is COC(=O)CC(CC(C)(F)F)c1ccc(Cl)c(N)c1.COC(=O)CC(c1ccc(Cl)c(N)c1)C1CC1(F)F. The molecule has 1 aliphatic carbocycles. The molecule has 1 fully saturated rings. The Labute approximate surface area is 228 Å². The lowest BCUT2D eigenvalue weighted by Gasteiger charge is -2.20. The number of benzene rings is 2. The molecular weight excluding hydrogens is 551 g/mol. The Bertz CT molecular complexity index is 1140. The second-order valence-corrected chi connectivity index (χ2v) is 10.1. The maximum Gasteiger partial charge on any atom is 0.306 e. The summed E-state index contributed by atoms with van der Waals surface area (Å²) in [6.45, 7) is 0.816. The van der Waals surface area contributed by atoms with Crippen molar-refractivity contribution < 1.29 is 36.6 Å². The van der Waals surface area contributed by atoms with E-state index >= 15 is 0 Å². The van der Waals surface area contributed by atoms with E-state index in [4.69, 9.17) is 34.7 Å². The van der Waals surface area contributed by atoms with Gasteiger partial charge in [-0.3, -0.25) is 9.59 Å². The van der Waals surface area contributed by atoms with Crippen LogP contribution in [0, 0.1) is 5.92 Å². The highest BCUT2D eigenvalue weighted by Gasteiger charge is 2.60. The number of carbonyl (C=O) groups excluding carboxylic acids is 2. The van der Waals surface area contributed by atoms with Crippen molar-refractivity contribution in [3.8, 4) is 0 Å². The highest BCUT2D eigenvalue weighted by atomic mass is 35.5. The van der Waals surface area contributed by atoms with Gasteiger partial charge in [-0.1, -0.05) is 35.3 Å². The highest BCUT2D eigenvalue weighted by Crippen LogP contribution is 2.57. The molecule has 1 saturated carbocycles. The topological polar surface area (TPSA) is 105 Å². The van der Waals surface area contributed by atoms with Crippen molar-refractivity contribution in [1.82, 2.24) is 0 Å². The maximum absolute atomic E-state index is 13.3. The van der Waals surface area contributed by atoms with Gasteiger partial charge in [-0.25, -0.2) is 17.6 Å². The number of hydrogen-bond acceptors (Lipinski definition) is 6. The third kappa shape index (κ3) is 9.23. The maximum atomic E-state index is 13.3. The number of halogens is 6. The van der Waals surface area contributed by atoms with Crippen LogP contribution in [-0.2, 0) is 19.1 Å². The largest absolute Gasteiger partial charge is 0.469 e. The first-order valence-corrected chi connectivity index (χ1v) is 12.3. The summed E-state index contributed by atoms with van der Waals surface area (Å²) in [4.78, 5) is 22.7. The van der Waals surface area contributed by atoms with Crippen LogP contribution in [0.3, 0.4) is 0 Å². The number of anilines is 2. The Balaban J connectivity index is 0.000000267. The van der Waals surface area contributed by atoms with E-state index in [0.717, 1.165) is 6.92 Å². The van der Waals surface area contributed by atoms with Gasteiger partial charge in [0, 0.05) is 30.6 Å². The van der Waals surface area contributed by atoms with Crippen LogP contribution in [0.2, 0.25) is 10.0 Å². The molecule has 0 radical (unpaired) electrons. The Morgan fingerprint density at radius 1 is 0.974 bits per heavy atom. The lowest BCUT2D eigenvalue weighted by Crippen LogP contribution is -2.18. The van der Waals surface area contributed by atoms with E-state index in [1.54, 1.807) is 24.3 Å². The number of carbonyl (C=O) groups is 2. The molecule has 6 nitrogen and oxygen atoms in total.